The van der Waals surface area contributed by atoms with Crippen LogP contribution in [0.15, 0.2) is 0 Å². The standard InChI is InChI=1S/C9H17NO2/c1-3-8(2)7-9(11)12-10-5-4-6-10/h8H,3-7H2,1-2H3/t8-/m1/s1. The first-order chi connectivity index (χ1) is 5.72. The minimum absolute atomic E-state index is 0.0796. The first-order valence-corrected chi connectivity index (χ1v) is 4.68. The van der Waals surface area contributed by atoms with Crippen LogP contribution in [0, 0.1) is 5.92 Å². The molecule has 0 spiro atoms. The van der Waals surface area contributed by atoms with Crippen LogP contribution in [0.1, 0.15) is 33.1 Å². The maximum Gasteiger partial charge on any atom is 0.325 e. The summed E-state index contributed by atoms with van der Waals surface area (Å²) in [6, 6.07) is 0. The summed E-state index contributed by atoms with van der Waals surface area (Å²) in [6.07, 6.45) is 2.73. The van der Waals surface area contributed by atoms with E-state index in [0.29, 0.717) is 12.3 Å². The van der Waals surface area contributed by atoms with Gasteiger partial charge in [0.2, 0.25) is 0 Å². The van der Waals surface area contributed by atoms with Crippen LogP contribution in [0.3, 0.4) is 0 Å². The molecule has 0 aromatic heterocycles. The molecular weight excluding hydrogens is 154 g/mol. The first-order valence-electron chi connectivity index (χ1n) is 4.68. The minimum Gasteiger partial charge on any atom is -0.368 e. The van der Waals surface area contributed by atoms with E-state index < -0.39 is 0 Å². The van der Waals surface area contributed by atoms with E-state index in [-0.39, 0.29) is 5.97 Å². The molecule has 1 atom stereocenters. The normalized spacial score (nSPS) is 19.8. The Morgan fingerprint density at radius 3 is 2.67 bits per heavy atom. The fraction of sp³-hybridized carbons (Fsp3) is 0.889. The predicted octanol–water partition coefficient (Wildman–Crippen LogP) is 1.59. The molecule has 1 aliphatic rings. The third-order valence-electron chi connectivity index (χ3n) is 2.26. The van der Waals surface area contributed by atoms with Gasteiger partial charge in [0.1, 0.15) is 0 Å². The molecule has 0 saturated carbocycles. The molecular formula is C9H17NO2. The maximum absolute atomic E-state index is 11.2. The number of hydroxylamine groups is 2. The molecule has 0 unspecified atom stereocenters. The molecule has 0 aromatic carbocycles. The number of rotatable bonds is 4. The van der Waals surface area contributed by atoms with E-state index in [4.69, 9.17) is 4.84 Å². The zero-order valence-electron chi connectivity index (χ0n) is 7.88. The second-order valence-corrected chi connectivity index (χ2v) is 3.46. The fourth-order valence-corrected chi connectivity index (χ4v) is 0.989. The SMILES string of the molecule is CC[C@@H](C)CC(=O)ON1CCC1. The Balaban J connectivity index is 2.10. The summed E-state index contributed by atoms with van der Waals surface area (Å²) in [5.41, 5.74) is 0. The molecule has 0 N–H and O–H groups in total. The Hall–Kier alpha value is -0.570. The van der Waals surface area contributed by atoms with Crippen LogP contribution in [0.5, 0.6) is 0 Å². The van der Waals surface area contributed by atoms with Gasteiger partial charge < -0.3 is 4.84 Å². The second kappa shape index (κ2) is 4.45. The number of nitrogens with zero attached hydrogens (tertiary/aromatic N) is 1. The van der Waals surface area contributed by atoms with E-state index >= 15 is 0 Å². The van der Waals surface area contributed by atoms with Crippen molar-refractivity contribution in [3.8, 4) is 0 Å². The van der Waals surface area contributed by atoms with Crippen molar-refractivity contribution >= 4 is 5.97 Å². The highest BCUT2D eigenvalue weighted by atomic mass is 16.7. The number of hydrogen-bond donors (Lipinski definition) is 0. The van der Waals surface area contributed by atoms with Crippen molar-refractivity contribution in [1.82, 2.24) is 5.06 Å². The Morgan fingerprint density at radius 1 is 1.58 bits per heavy atom. The predicted molar refractivity (Wildman–Crippen MR) is 46.4 cm³/mol. The summed E-state index contributed by atoms with van der Waals surface area (Å²) in [4.78, 5) is 16.2. The summed E-state index contributed by atoms with van der Waals surface area (Å²) < 4.78 is 0. The monoisotopic (exact) mass is 171 g/mol. The highest BCUT2D eigenvalue weighted by Gasteiger charge is 2.19. The number of carbonyl (C=O) groups is 1. The van der Waals surface area contributed by atoms with Crippen molar-refractivity contribution in [3.63, 3.8) is 0 Å². The molecule has 1 heterocycles. The number of carbonyl (C=O) groups excluding carboxylic acids is 1. The van der Waals surface area contributed by atoms with Crippen LogP contribution in [-0.4, -0.2) is 24.1 Å². The largest absolute Gasteiger partial charge is 0.368 e. The first kappa shape index (κ1) is 9.52. The molecule has 3 heteroatoms. The quantitative estimate of drug-likeness (QED) is 0.643. The molecule has 0 aromatic rings. The molecule has 1 aliphatic heterocycles. The van der Waals surface area contributed by atoms with Gasteiger partial charge in [-0.2, -0.15) is 0 Å². The van der Waals surface area contributed by atoms with Crippen molar-refractivity contribution in [2.75, 3.05) is 13.1 Å². The third kappa shape index (κ3) is 2.81. The van der Waals surface area contributed by atoms with Gasteiger partial charge in [-0.3, -0.25) is 4.79 Å². The molecule has 70 valence electrons. The van der Waals surface area contributed by atoms with Crippen LogP contribution in [-0.2, 0) is 9.63 Å². The van der Waals surface area contributed by atoms with Gasteiger partial charge in [-0.1, -0.05) is 20.3 Å². The zero-order chi connectivity index (χ0) is 8.97. The number of hydrogen-bond acceptors (Lipinski definition) is 3. The van der Waals surface area contributed by atoms with E-state index in [9.17, 15) is 4.79 Å². The summed E-state index contributed by atoms with van der Waals surface area (Å²) >= 11 is 0. The third-order valence-corrected chi connectivity index (χ3v) is 2.26. The van der Waals surface area contributed by atoms with Gasteiger partial charge in [0.15, 0.2) is 0 Å². The summed E-state index contributed by atoms with van der Waals surface area (Å²) in [6.45, 7) is 5.97. The Labute approximate surface area is 73.6 Å². The molecule has 12 heavy (non-hydrogen) atoms. The molecule has 3 nitrogen and oxygen atoms in total. The maximum atomic E-state index is 11.2. The molecule has 0 aliphatic carbocycles. The summed E-state index contributed by atoms with van der Waals surface area (Å²) in [5.74, 6) is 0.364. The lowest BCUT2D eigenvalue weighted by atomic mass is 10.1. The van der Waals surface area contributed by atoms with E-state index in [2.05, 4.69) is 13.8 Å². The molecule has 1 rings (SSSR count). The summed E-state index contributed by atoms with van der Waals surface area (Å²) in [5, 5.41) is 1.73. The van der Waals surface area contributed by atoms with Gasteiger partial charge in [-0.05, 0) is 12.3 Å². The second-order valence-electron chi connectivity index (χ2n) is 3.46. The Bertz CT molecular complexity index is 146. The minimum atomic E-state index is -0.0796. The lowest BCUT2D eigenvalue weighted by Crippen LogP contribution is -2.39. The smallest absolute Gasteiger partial charge is 0.325 e. The Kier molecular flexibility index (Phi) is 3.53. The van der Waals surface area contributed by atoms with Crippen LogP contribution < -0.4 is 0 Å². The molecule has 0 amide bonds. The van der Waals surface area contributed by atoms with Gasteiger partial charge in [0.05, 0.1) is 0 Å². The lowest BCUT2D eigenvalue weighted by Gasteiger charge is -2.28. The van der Waals surface area contributed by atoms with Crippen molar-refractivity contribution in [2.24, 2.45) is 5.92 Å². The average molecular weight is 171 g/mol. The van der Waals surface area contributed by atoms with E-state index in [1.807, 2.05) is 0 Å². The highest BCUT2D eigenvalue weighted by Crippen LogP contribution is 2.11. The van der Waals surface area contributed by atoms with Crippen LogP contribution in [0.25, 0.3) is 0 Å². The van der Waals surface area contributed by atoms with Crippen molar-refractivity contribution in [3.05, 3.63) is 0 Å². The van der Waals surface area contributed by atoms with Crippen LogP contribution in [0.2, 0.25) is 0 Å². The van der Waals surface area contributed by atoms with E-state index in [0.717, 1.165) is 25.9 Å². The van der Waals surface area contributed by atoms with Gasteiger partial charge >= 0.3 is 5.97 Å². The molecule has 0 radical (unpaired) electrons. The summed E-state index contributed by atoms with van der Waals surface area (Å²) in [7, 11) is 0. The van der Waals surface area contributed by atoms with E-state index in [1.165, 1.54) is 0 Å². The fourth-order valence-electron chi connectivity index (χ4n) is 0.989. The van der Waals surface area contributed by atoms with E-state index in [1.54, 1.807) is 5.06 Å². The van der Waals surface area contributed by atoms with Gasteiger partial charge in [0, 0.05) is 19.5 Å². The van der Waals surface area contributed by atoms with Crippen molar-refractivity contribution in [2.45, 2.75) is 33.1 Å². The molecule has 1 saturated heterocycles. The van der Waals surface area contributed by atoms with Crippen molar-refractivity contribution in [1.29, 1.82) is 0 Å². The van der Waals surface area contributed by atoms with Crippen LogP contribution in [0.4, 0.5) is 0 Å². The van der Waals surface area contributed by atoms with Gasteiger partial charge in [0.25, 0.3) is 0 Å². The van der Waals surface area contributed by atoms with Gasteiger partial charge in [-0.25, -0.2) is 0 Å². The van der Waals surface area contributed by atoms with Crippen LogP contribution >= 0.6 is 0 Å². The lowest BCUT2D eigenvalue weighted by molar-refractivity contribution is -0.208. The average Bonchev–Trinajstić information content (AvgIpc) is 1.97. The van der Waals surface area contributed by atoms with Crippen molar-refractivity contribution < 1.29 is 9.63 Å². The Morgan fingerprint density at radius 2 is 2.25 bits per heavy atom. The topological polar surface area (TPSA) is 29.5 Å². The molecule has 0 bridgehead atoms. The zero-order valence-corrected chi connectivity index (χ0v) is 7.88. The van der Waals surface area contributed by atoms with Gasteiger partial charge in [-0.15, -0.1) is 5.06 Å². The molecule has 1 fully saturated rings. The highest BCUT2D eigenvalue weighted by molar-refractivity contribution is 5.69.